The lowest BCUT2D eigenvalue weighted by atomic mass is 9.99. The van der Waals surface area contributed by atoms with Crippen molar-refractivity contribution in [1.29, 1.82) is 0 Å². The molecule has 1 aliphatic rings. The van der Waals surface area contributed by atoms with Gasteiger partial charge in [-0.05, 0) is 31.1 Å². The number of carbonyl (C=O) groups excluding carboxylic acids is 1. The van der Waals surface area contributed by atoms with Gasteiger partial charge in [-0.2, -0.15) is 0 Å². The van der Waals surface area contributed by atoms with Crippen molar-refractivity contribution in [3.8, 4) is 0 Å². The summed E-state index contributed by atoms with van der Waals surface area (Å²) in [5, 5.41) is 14.4. The van der Waals surface area contributed by atoms with Crippen LogP contribution in [-0.4, -0.2) is 29.7 Å². The van der Waals surface area contributed by atoms with Crippen LogP contribution < -0.4 is 10.6 Å². The Balaban J connectivity index is 2.27. The second-order valence-corrected chi connectivity index (χ2v) is 5.42. The van der Waals surface area contributed by atoms with E-state index in [1.54, 1.807) is 0 Å². The first-order chi connectivity index (χ1) is 9.08. The molecule has 0 radical (unpaired) electrons. The molecular weight excluding hydrogens is 244 g/mol. The smallest absolute Gasteiger partial charge is 0.326 e. The minimum Gasteiger partial charge on any atom is -0.480 e. The first-order valence-corrected chi connectivity index (χ1v) is 7.35. The Hall–Kier alpha value is -1.26. The van der Waals surface area contributed by atoms with Crippen LogP contribution in [0.15, 0.2) is 0 Å². The summed E-state index contributed by atoms with van der Waals surface area (Å²) in [5.74, 6) is -0.337. The van der Waals surface area contributed by atoms with Crippen LogP contribution >= 0.6 is 0 Å². The Kier molecular flexibility index (Phi) is 6.67. The van der Waals surface area contributed by atoms with Gasteiger partial charge in [-0.1, -0.05) is 33.1 Å². The van der Waals surface area contributed by atoms with Gasteiger partial charge in [-0.3, -0.25) is 0 Å². The Bertz CT molecular complexity index is 303. The van der Waals surface area contributed by atoms with Crippen molar-refractivity contribution >= 4 is 12.0 Å². The monoisotopic (exact) mass is 270 g/mol. The zero-order chi connectivity index (χ0) is 14.3. The number of amides is 2. The summed E-state index contributed by atoms with van der Waals surface area (Å²) in [6.45, 7) is 4.89. The molecule has 0 saturated heterocycles. The van der Waals surface area contributed by atoms with Crippen LogP contribution in [0.25, 0.3) is 0 Å². The van der Waals surface area contributed by atoms with Gasteiger partial charge in [0.15, 0.2) is 0 Å². The van der Waals surface area contributed by atoms with Crippen molar-refractivity contribution in [2.24, 2.45) is 11.8 Å². The standard InChI is InChI=1S/C14H26N2O3/c1-3-5-6-10(4-2)9-15-14(19)16-12(13(17)18)11-7-8-11/h10-12H,3-9H2,1-2H3,(H,17,18)(H2,15,16,19). The minimum atomic E-state index is -0.935. The SMILES string of the molecule is CCCCC(CC)CNC(=O)NC(C(=O)O)C1CC1. The fraction of sp³-hybridized carbons (Fsp3) is 0.857. The molecule has 1 saturated carbocycles. The van der Waals surface area contributed by atoms with Crippen molar-refractivity contribution in [2.45, 2.75) is 58.4 Å². The Morgan fingerprint density at radius 1 is 1.32 bits per heavy atom. The number of aliphatic carboxylic acids is 1. The molecule has 0 bridgehead atoms. The van der Waals surface area contributed by atoms with Crippen LogP contribution in [0.4, 0.5) is 4.79 Å². The lowest BCUT2D eigenvalue weighted by Crippen LogP contribution is -2.48. The molecule has 1 aliphatic carbocycles. The maximum Gasteiger partial charge on any atom is 0.326 e. The van der Waals surface area contributed by atoms with Crippen molar-refractivity contribution in [1.82, 2.24) is 10.6 Å². The highest BCUT2D eigenvalue weighted by Gasteiger charge is 2.37. The number of hydrogen-bond donors (Lipinski definition) is 3. The van der Waals surface area contributed by atoms with Crippen LogP contribution in [-0.2, 0) is 4.79 Å². The van der Waals surface area contributed by atoms with E-state index in [-0.39, 0.29) is 11.9 Å². The molecule has 5 heteroatoms. The number of carbonyl (C=O) groups is 2. The number of unbranched alkanes of at least 4 members (excludes halogenated alkanes) is 1. The van der Waals surface area contributed by atoms with Gasteiger partial charge in [-0.25, -0.2) is 9.59 Å². The summed E-state index contributed by atoms with van der Waals surface area (Å²) in [5.41, 5.74) is 0. The predicted molar refractivity (Wildman–Crippen MR) is 74.0 cm³/mol. The third-order valence-electron chi connectivity index (χ3n) is 3.74. The summed E-state index contributed by atoms with van der Waals surface area (Å²) in [6, 6.07) is -1.08. The maximum atomic E-state index is 11.7. The molecule has 0 aliphatic heterocycles. The van der Waals surface area contributed by atoms with E-state index in [1.165, 1.54) is 6.42 Å². The second kappa shape index (κ2) is 8.02. The number of hydrogen-bond acceptors (Lipinski definition) is 2. The third kappa shape index (κ3) is 5.94. The Morgan fingerprint density at radius 2 is 2.00 bits per heavy atom. The number of rotatable bonds is 9. The number of urea groups is 1. The molecule has 110 valence electrons. The van der Waals surface area contributed by atoms with E-state index in [9.17, 15) is 9.59 Å². The van der Waals surface area contributed by atoms with Gasteiger partial charge in [0.1, 0.15) is 6.04 Å². The van der Waals surface area contributed by atoms with Gasteiger partial charge in [-0.15, -0.1) is 0 Å². The highest BCUT2D eigenvalue weighted by molar-refractivity contribution is 5.83. The predicted octanol–water partition coefficient (Wildman–Crippen LogP) is 2.37. The molecule has 1 rings (SSSR count). The molecule has 1 fully saturated rings. The second-order valence-electron chi connectivity index (χ2n) is 5.42. The Morgan fingerprint density at radius 3 is 2.47 bits per heavy atom. The molecule has 0 aromatic rings. The van der Waals surface area contributed by atoms with Crippen LogP contribution in [0.1, 0.15) is 52.4 Å². The van der Waals surface area contributed by atoms with Gasteiger partial charge in [0.2, 0.25) is 0 Å². The summed E-state index contributed by atoms with van der Waals surface area (Å²) in [6.07, 6.45) is 6.26. The van der Waals surface area contributed by atoms with Gasteiger partial charge < -0.3 is 15.7 Å². The fourth-order valence-electron chi connectivity index (χ4n) is 2.18. The van der Waals surface area contributed by atoms with Gasteiger partial charge in [0, 0.05) is 6.54 Å². The summed E-state index contributed by atoms with van der Waals surface area (Å²) in [7, 11) is 0. The molecule has 2 unspecified atom stereocenters. The normalized spacial score (nSPS) is 17.6. The van der Waals surface area contributed by atoms with Gasteiger partial charge in [0.25, 0.3) is 0 Å². The highest BCUT2D eigenvalue weighted by Crippen LogP contribution is 2.32. The average molecular weight is 270 g/mol. The largest absolute Gasteiger partial charge is 0.480 e. The summed E-state index contributed by atoms with van der Waals surface area (Å²) >= 11 is 0. The first kappa shape index (κ1) is 15.8. The molecule has 0 aromatic carbocycles. The maximum absolute atomic E-state index is 11.7. The van der Waals surface area contributed by atoms with Gasteiger partial charge >= 0.3 is 12.0 Å². The van der Waals surface area contributed by atoms with Crippen LogP contribution in [0.2, 0.25) is 0 Å². The van der Waals surface area contributed by atoms with E-state index in [0.717, 1.165) is 32.1 Å². The van der Waals surface area contributed by atoms with Crippen molar-refractivity contribution < 1.29 is 14.7 Å². The lowest BCUT2D eigenvalue weighted by Gasteiger charge is -2.18. The molecule has 0 aromatic heterocycles. The molecule has 19 heavy (non-hydrogen) atoms. The molecule has 0 heterocycles. The van der Waals surface area contributed by atoms with Crippen molar-refractivity contribution in [3.05, 3.63) is 0 Å². The molecular formula is C14H26N2O3. The Labute approximate surface area is 115 Å². The molecule has 2 amide bonds. The topological polar surface area (TPSA) is 78.4 Å². The molecule has 2 atom stereocenters. The van der Waals surface area contributed by atoms with E-state index >= 15 is 0 Å². The lowest BCUT2D eigenvalue weighted by molar-refractivity contribution is -0.139. The number of carboxylic acids is 1. The quantitative estimate of drug-likeness (QED) is 0.602. The van der Waals surface area contributed by atoms with E-state index < -0.39 is 12.0 Å². The highest BCUT2D eigenvalue weighted by atomic mass is 16.4. The van der Waals surface area contributed by atoms with Crippen LogP contribution in [0.3, 0.4) is 0 Å². The first-order valence-electron chi connectivity index (χ1n) is 7.35. The van der Waals surface area contributed by atoms with E-state index in [0.29, 0.717) is 12.5 Å². The third-order valence-corrected chi connectivity index (χ3v) is 3.74. The summed E-state index contributed by atoms with van der Waals surface area (Å²) < 4.78 is 0. The number of carboxylic acid groups (broad SMARTS) is 1. The van der Waals surface area contributed by atoms with Crippen molar-refractivity contribution in [3.63, 3.8) is 0 Å². The zero-order valence-electron chi connectivity index (χ0n) is 11.9. The van der Waals surface area contributed by atoms with E-state index in [1.807, 2.05) is 0 Å². The minimum absolute atomic E-state index is 0.116. The van der Waals surface area contributed by atoms with Crippen LogP contribution in [0.5, 0.6) is 0 Å². The van der Waals surface area contributed by atoms with Gasteiger partial charge in [0.05, 0.1) is 0 Å². The van der Waals surface area contributed by atoms with Crippen LogP contribution in [0, 0.1) is 11.8 Å². The molecule has 0 spiro atoms. The van der Waals surface area contributed by atoms with E-state index in [4.69, 9.17) is 5.11 Å². The molecule has 3 N–H and O–H groups in total. The zero-order valence-corrected chi connectivity index (χ0v) is 11.9. The number of nitrogens with one attached hydrogen (secondary N) is 2. The molecule has 5 nitrogen and oxygen atoms in total. The summed E-state index contributed by atoms with van der Waals surface area (Å²) in [4.78, 5) is 22.7. The van der Waals surface area contributed by atoms with Crippen molar-refractivity contribution in [2.75, 3.05) is 6.54 Å². The van der Waals surface area contributed by atoms with E-state index in [2.05, 4.69) is 24.5 Å². The fourth-order valence-corrected chi connectivity index (χ4v) is 2.18. The average Bonchev–Trinajstić information content (AvgIpc) is 3.20.